The van der Waals surface area contributed by atoms with Crippen molar-refractivity contribution in [2.24, 2.45) is 0 Å². The minimum atomic E-state index is -0.651. The number of carbonyl (C=O) groups excluding carboxylic acids is 1. The number of hydrogen-bond acceptors (Lipinski definition) is 4. The van der Waals surface area contributed by atoms with E-state index in [-0.39, 0.29) is 10.6 Å². The van der Waals surface area contributed by atoms with Gasteiger partial charge in [0, 0.05) is 26.2 Å². The van der Waals surface area contributed by atoms with Crippen LogP contribution >= 0.6 is 11.6 Å². The van der Waals surface area contributed by atoms with Crippen molar-refractivity contribution in [2.75, 3.05) is 43.4 Å². The van der Waals surface area contributed by atoms with Gasteiger partial charge in [0.15, 0.2) is 0 Å². The summed E-state index contributed by atoms with van der Waals surface area (Å²) in [5.74, 6) is -0.376. The number of pyridine rings is 1. The molecule has 1 aromatic carbocycles. The van der Waals surface area contributed by atoms with Crippen LogP contribution in [0.15, 0.2) is 36.5 Å². The monoisotopic (exact) mass is 348 g/mol. The minimum absolute atomic E-state index is 0.0783. The summed E-state index contributed by atoms with van der Waals surface area (Å²) in [4.78, 5) is 21.0. The van der Waals surface area contributed by atoms with Crippen LogP contribution in [0.3, 0.4) is 0 Å². The summed E-state index contributed by atoms with van der Waals surface area (Å²) in [5, 5.41) is 2.70. The van der Waals surface area contributed by atoms with Crippen LogP contribution in [0.2, 0.25) is 5.02 Å². The summed E-state index contributed by atoms with van der Waals surface area (Å²) in [5.41, 5.74) is 0.333. The van der Waals surface area contributed by atoms with Gasteiger partial charge < -0.3 is 15.1 Å². The van der Waals surface area contributed by atoms with E-state index in [1.54, 1.807) is 12.3 Å². The number of anilines is 2. The van der Waals surface area contributed by atoms with E-state index in [2.05, 4.69) is 27.1 Å². The van der Waals surface area contributed by atoms with Crippen molar-refractivity contribution in [3.8, 4) is 0 Å². The van der Waals surface area contributed by atoms with E-state index in [1.165, 1.54) is 18.2 Å². The lowest BCUT2D eigenvalue weighted by atomic mass is 10.2. The van der Waals surface area contributed by atoms with E-state index >= 15 is 0 Å². The number of likely N-dealkylation sites (N-methyl/N-ethyl adjacent to an activating group) is 1. The summed E-state index contributed by atoms with van der Waals surface area (Å²) in [7, 11) is 2.09. The highest BCUT2D eigenvalue weighted by molar-refractivity contribution is 6.34. The SMILES string of the molecule is CN1CCN(c2ccc(NC(=O)c3c(F)cccc3Cl)cn2)CC1. The number of amides is 1. The van der Waals surface area contributed by atoms with Gasteiger partial charge >= 0.3 is 0 Å². The summed E-state index contributed by atoms with van der Waals surface area (Å²) < 4.78 is 13.8. The Hall–Kier alpha value is -2.18. The van der Waals surface area contributed by atoms with E-state index in [0.717, 1.165) is 32.0 Å². The van der Waals surface area contributed by atoms with Crippen molar-refractivity contribution in [2.45, 2.75) is 0 Å². The van der Waals surface area contributed by atoms with Gasteiger partial charge in [0.05, 0.1) is 22.5 Å². The molecule has 1 amide bonds. The first-order valence-corrected chi connectivity index (χ1v) is 8.07. The fraction of sp³-hybridized carbons (Fsp3) is 0.294. The molecule has 0 unspecified atom stereocenters. The maximum atomic E-state index is 13.8. The molecule has 3 rings (SSSR count). The summed E-state index contributed by atoms with van der Waals surface area (Å²) >= 11 is 5.90. The van der Waals surface area contributed by atoms with Crippen molar-refractivity contribution < 1.29 is 9.18 Å². The van der Waals surface area contributed by atoms with Crippen molar-refractivity contribution in [1.29, 1.82) is 0 Å². The van der Waals surface area contributed by atoms with E-state index in [9.17, 15) is 9.18 Å². The third-order valence-electron chi connectivity index (χ3n) is 4.02. The number of halogens is 2. The highest BCUT2D eigenvalue weighted by Gasteiger charge is 2.17. The lowest BCUT2D eigenvalue weighted by molar-refractivity contribution is 0.102. The molecule has 24 heavy (non-hydrogen) atoms. The van der Waals surface area contributed by atoms with Gasteiger partial charge in [-0.2, -0.15) is 0 Å². The Balaban J connectivity index is 1.69. The van der Waals surface area contributed by atoms with Crippen LogP contribution in [0.1, 0.15) is 10.4 Å². The third kappa shape index (κ3) is 3.66. The molecule has 1 N–H and O–H groups in total. The van der Waals surface area contributed by atoms with Gasteiger partial charge in [0.25, 0.3) is 5.91 Å². The fourth-order valence-corrected chi connectivity index (χ4v) is 2.84. The number of carbonyl (C=O) groups is 1. The fourth-order valence-electron chi connectivity index (χ4n) is 2.59. The van der Waals surface area contributed by atoms with Crippen LogP contribution in [0.25, 0.3) is 0 Å². The molecule has 126 valence electrons. The first kappa shape index (κ1) is 16.7. The molecule has 1 saturated heterocycles. The van der Waals surface area contributed by atoms with Crippen molar-refractivity contribution in [1.82, 2.24) is 9.88 Å². The largest absolute Gasteiger partial charge is 0.354 e. The molecule has 7 heteroatoms. The normalized spacial score (nSPS) is 15.4. The van der Waals surface area contributed by atoms with Gasteiger partial charge in [-0.15, -0.1) is 0 Å². The number of hydrogen-bond donors (Lipinski definition) is 1. The lowest BCUT2D eigenvalue weighted by Gasteiger charge is -2.33. The second-order valence-corrected chi connectivity index (χ2v) is 6.15. The topological polar surface area (TPSA) is 48.5 Å². The molecule has 2 heterocycles. The Morgan fingerprint density at radius 3 is 2.58 bits per heavy atom. The van der Waals surface area contributed by atoms with E-state index in [1.807, 2.05) is 6.07 Å². The Morgan fingerprint density at radius 2 is 1.96 bits per heavy atom. The van der Waals surface area contributed by atoms with Gasteiger partial charge in [0.2, 0.25) is 0 Å². The van der Waals surface area contributed by atoms with Gasteiger partial charge in [0.1, 0.15) is 11.6 Å². The number of rotatable bonds is 3. The van der Waals surface area contributed by atoms with Crippen LogP contribution in [0.5, 0.6) is 0 Å². The van der Waals surface area contributed by atoms with Crippen LogP contribution in [0.4, 0.5) is 15.9 Å². The molecule has 0 spiro atoms. The predicted octanol–water partition coefficient (Wildman–Crippen LogP) is 2.88. The van der Waals surface area contributed by atoms with Crippen LogP contribution < -0.4 is 10.2 Å². The molecule has 1 aliphatic rings. The first-order valence-electron chi connectivity index (χ1n) is 7.69. The molecule has 1 aliphatic heterocycles. The summed E-state index contributed by atoms with van der Waals surface area (Å²) in [6.45, 7) is 3.82. The molecular formula is C17H18ClFN4O. The summed E-state index contributed by atoms with van der Waals surface area (Å²) in [6, 6.07) is 7.75. The molecular weight excluding hydrogens is 331 g/mol. The number of aromatic nitrogens is 1. The third-order valence-corrected chi connectivity index (χ3v) is 4.34. The van der Waals surface area contributed by atoms with Crippen molar-refractivity contribution in [3.05, 3.63) is 52.9 Å². The number of nitrogens with one attached hydrogen (secondary N) is 1. The number of piperazine rings is 1. The Kier molecular flexibility index (Phi) is 4.97. The molecule has 0 aliphatic carbocycles. The van der Waals surface area contributed by atoms with E-state index in [0.29, 0.717) is 5.69 Å². The molecule has 0 atom stereocenters. The second kappa shape index (κ2) is 7.15. The van der Waals surface area contributed by atoms with Crippen LogP contribution in [0, 0.1) is 5.82 Å². The Morgan fingerprint density at radius 1 is 1.21 bits per heavy atom. The van der Waals surface area contributed by atoms with Crippen LogP contribution in [-0.4, -0.2) is 49.0 Å². The van der Waals surface area contributed by atoms with E-state index in [4.69, 9.17) is 11.6 Å². The minimum Gasteiger partial charge on any atom is -0.354 e. The highest BCUT2D eigenvalue weighted by Crippen LogP contribution is 2.21. The predicted molar refractivity (Wildman–Crippen MR) is 93.3 cm³/mol. The van der Waals surface area contributed by atoms with Gasteiger partial charge in [-0.05, 0) is 31.3 Å². The number of nitrogens with zero attached hydrogens (tertiary/aromatic N) is 3. The van der Waals surface area contributed by atoms with Crippen molar-refractivity contribution >= 4 is 29.0 Å². The van der Waals surface area contributed by atoms with Gasteiger partial charge in [-0.1, -0.05) is 17.7 Å². The maximum Gasteiger partial charge on any atom is 0.260 e. The molecule has 5 nitrogen and oxygen atoms in total. The van der Waals surface area contributed by atoms with Crippen LogP contribution in [-0.2, 0) is 0 Å². The Bertz CT molecular complexity index is 710. The molecule has 0 radical (unpaired) electrons. The zero-order chi connectivity index (χ0) is 17.1. The second-order valence-electron chi connectivity index (χ2n) is 5.75. The molecule has 0 saturated carbocycles. The standard InChI is InChI=1S/C17H18ClFN4O/c1-22-7-9-23(10-8-22)15-6-5-12(11-20-15)21-17(24)16-13(18)3-2-4-14(16)19/h2-6,11H,7-10H2,1H3,(H,21,24). The average molecular weight is 349 g/mol. The van der Waals surface area contributed by atoms with Gasteiger partial charge in [-0.3, -0.25) is 4.79 Å². The molecule has 1 aromatic heterocycles. The number of benzene rings is 1. The average Bonchev–Trinajstić information content (AvgIpc) is 2.56. The maximum absolute atomic E-state index is 13.8. The molecule has 0 bridgehead atoms. The first-order chi connectivity index (χ1) is 11.5. The Labute approximate surface area is 145 Å². The molecule has 1 fully saturated rings. The quantitative estimate of drug-likeness (QED) is 0.926. The highest BCUT2D eigenvalue weighted by atomic mass is 35.5. The smallest absolute Gasteiger partial charge is 0.260 e. The lowest BCUT2D eigenvalue weighted by Crippen LogP contribution is -2.44. The summed E-state index contributed by atoms with van der Waals surface area (Å²) in [6.07, 6.45) is 1.57. The van der Waals surface area contributed by atoms with Crippen molar-refractivity contribution in [3.63, 3.8) is 0 Å². The van der Waals surface area contributed by atoms with Gasteiger partial charge in [-0.25, -0.2) is 9.37 Å². The zero-order valence-corrected chi connectivity index (χ0v) is 14.1. The molecule has 2 aromatic rings. The zero-order valence-electron chi connectivity index (χ0n) is 13.3. The van der Waals surface area contributed by atoms with E-state index < -0.39 is 11.7 Å².